The monoisotopic (exact) mass is 275 g/mol. The van der Waals surface area contributed by atoms with Crippen molar-refractivity contribution in [3.63, 3.8) is 0 Å². The van der Waals surface area contributed by atoms with Crippen LogP contribution in [0.5, 0.6) is 0 Å². The Morgan fingerprint density at radius 2 is 1.84 bits per heavy atom. The number of hydrogen-bond donors (Lipinski definition) is 2. The van der Waals surface area contributed by atoms with Crippen LogP contribution < -0.4 is 5.32 Å². The number of carboxylic acids is 1. The summed E-state index contributed by atoms with van der Waals surface area (Å²) < 4.78 is 10.2. The van der Waals surface area contributed by atoms with Gasteiger partial charge in [0.15, 0.2) is 6.04 Å². The lowest BCUT2D eigenvalue weighted by Crippen LogP contribution is -2.46. The van der Waals surface area contributed by atoms with Gasteiger partial charge in [0.2, 0.25) is 0 Å². The third kappa shape index (κ3) is 10.3. The normalized spacial score (nSPS) is 13.2. The second-order valence-corrected chi connectivity index (χ2v) is 5.79. The van der Waals surface area contributed by atoms with Gasteiger partial charge in [-0.2, -0.15) is 0 Å². The van der Waals surface area contributed by atoms with E-state index >= 15 is 0 Å². The van der Waals surface area contributed by atoms with E-state index in [9.17, 15) is 9.59 Å². The van der Waals surface area contributed by atoms with E-state index in [4.69, 9.17) is 14.6 Å². The maximum atomic E-state index is 11.5. The second kappa shape index (κ2) is 7.99. The van der Waals surface area contributed by atoms with Crippen molar-refractivity contribution in [2.45, 2.75) is 52.7 Å². The van der Waals surface area contributed by atoms with Crippen LogP contribution in [0.4, 0.5) is 4.79 Å². The number of rotatable bonds is 7. The highest BCUT2D eigenvalue weighted by Crippen LogP contribution is 2.07. The van der Waals surface area contributed by atoms with E-state index in [1.54, 1.807) is 20.8 Å². The highest BCUT2D eigenvalue weighted by molar-refractivity contribution is 5.80. The molecule has 1 unspecified atom stereocenters. The fourth-order valence-corrected chi connectivity index (χ4v) is 1.14. The zero-order valence-electron chi connectivity index (χ0n) is 12.4. The van der Waals surface area contributed by atoms with E-state index in [0.29, 0.717) is 12.5 Å². The van der Waals surface area contributed by atoms with Crippen molar-refractivity contribution < 1.29 is 24.2 Å². The molecule has 6 nitrogen and oxygen atoms in total. The molecule has 0 aliphatic heterocycles. The van der Waals surface area contributed by atoms with Crippen LogP contribution in [0.1, 0.15) is 41.0 Å². The molecule has 1 amide bonds. The number of carboxylic acid groups (broad SMARTS) is 1. The van der Waals surface area contributed by atoms with E-state index in [1.165, 1.54) is 0 Å². The molecule has 0 spiro atoms. The van der Waals surface area contributed by atoms with Crippen molar-refractivity contribution in [1.29, 1.82) is 0 Å². The summed E-state index contributed by atoms with van der Waals surface area (Å²) in [6, 6.07) is -1.10. The topological polar surface area (TPSA) is 84.9 Å². The summed E-state index contributed by atoms with van der Waals surface area (Å²) in [5, 5.41) is 11.3. The van der Waals surface area contributed by atoms with Gasteiger partial charge < -0.3 is 19.9 Å². The molecule has 19 heavy (non-hydrogen) atoms. The number of ether oxygens (including phenoxy) is 2. The van der Waals surface area contributed by atoms with Crippen LogP contribution in [-0.2, 0) is 14.3 Å². The van der Waals surface area contributed by atoms with E-state index < -0.39 is 23.7 Å². The van der Waals surface area contributed by atoms with Crippen LogP contribution in [0.15, 0.2) is 0 Å². The number of nitrogens with one attached hydrogen (secondary N) is 1. The van der Waals surface area contributed by atoms with Gasteiger partial charge in [0, 0.05) is 6.61 Å². The van der Waals surface area contributed by atoms with E-state index in [2.05, 4.69) is 19.2 Å². The Hall–Kier alpha value is -1.30. The van der Waals surface area contributed by atoms with Gasteiger partial charge in [0.25, 0.3) is 0 Å². The summed E-state index contributed by atoms with van der Waals surface area (Å²) in [5.74, 6) is -0.655. The first-order chi connectivity index (χ1) is 8.61. The summed E-state index contributed by atoms with van der Waals surface area (Å²) in [6.45, 7) is 9.64. The number of hydrogen-bond acceptors (Lipinski definition) is 4. The van der Waals surface area contributed by atoms with Crippen molar-refractivity contribution >= 4 is 12.1 Å². The van der Waals surface area contributed by atoms with Crippen LogP contribution in [0.3, 0.4) is 0 Å². The minimum Gasteiger partial charge on any atom is -0.480 e. The lowest BCUT2D eigenvalue weighted by atomic mass is 10.1. The molecule has 0 heterocycles. The van der Waals surface area contributed by atoms with Gasteiger partial charge >= 0.3 is 12.1 Å². The summed E-state index contributed by atoms with van der Waals surface area (Å²) >= 11 is 0. The molecule has 0 rings (SSSR count). The smallest absolute Gasteiger partial charge is 0.408 e. The first-order valence-corrected chi connectivity index (χ1v) is 6.42. The van der Waals surface area contributed by atoms with Crippen LogP contribution in [0.25, 0.3) is 0 Å². The lowest BCUT2D eigenvalue weighted by molar-refractivity contribution is -0.141. The van der Waals surface area contributed by atoms with Crippen molar-refractivity contribution in [1.82, 2.24) is 5.32 Å². The summed E-state index contributed by atoms with van der Waals surface area (Å²) in [4.78, 5) is 22.4. The minimum absolute atomic E-state index is 0.0682. The Bertz CT molecular complexity index is 296. The van der Waals surface area contributed by atoms with Gasteiger partial charge in [-0.15, -0.1) is 0 Å². The predicted octanol–water partition coefficient (Wildman–Crippen LogP) is 2.03. The van der Waals surface area contributed by atoms with Gasteiger partial charge in [-0.3, -0.25) is 0 Å². The molecule has 0 aliphatic carbocycles. The lowest BCUT2D eigenvalue weighted by Gasteiger charge is -2.22. The van der Waals surface area contributed by atoms with Crippen LogP contribution >= 0.6 is 0 Å². The zero-order chi connectivity index (χ0) is 15.1. The third-order valence-corrected chi connectivity index (χ3v) is 2.11. The Labute approximate surface area is 114 Å². The summed E-state index contributed by atoms with van der Waals surface area (Å²) in [5.41, 5.74) is -0.661. The third-order valence-electron chi connectivity index (χ3n) is 2.11. The fourth-order valence-electron chi connectivity index (χ4n) is 1.14. The molecule has 0 aromatic rings. The first-order valence-electron chi connectivity index (χ1n) is 6.42. The van der Waals surface area contributed by atoms with Crippen LogP contribution in [0.2, 0.25) is 0 Å². The van der Waals surface area contributed by atoms with Crippen molar-refractivity contribution in [3.8, 4) is 0 Å². The molecule has 6 heteroatoms. The van der Waals surface area contributed by atoms with Gasteiger partial charge in [0.05, 0.1) is 6.61 Å². The quantitative estimate of drug-likeness (QED) is 0.694. The van der Waals surface area contributed by atoms with Crippen molar-refractivity contribution in [2.75, 3.05) is 13.2 Å². The Kier molecular flexibility index (Phi) is 7.44. The van der Waals surface area contributed by atoms with Gasteiger partial charge in [-0.05, 0) is 33.1 Å². The SMILES string of the molecule is CC(C)CCOCC(NC(=O)OC(C)(C)C)C(=O)O. The molecule has 0 saturated carbocycles. The van der Waals surface area contributed by atoms with Gasteiger partial charge in [-0.25, -0.2) is 9.59 Å². The average Bonchev–Trinajstić information content (AvgIpc) is 2.19. The Balaban J connectivity index is 4.12. The second-order valence-electron chi connectivity index (χ2n) is 5.79. The predicted molar refractivity (Wildman–Crippen MR) is 71.1 cm³/mol. The molecule has 0 aromatic carbocycles. The molecular weight excluding hydrogens is 250 g/mol. The van der Waals surface area contributed by atoms with Crippen molar-refractivity contribution in [2.24, 2.45) is 5.92 Å². The van der Waals surface area contributed by atoms with E-state index in [0.717, 1.165) is 6.42 Å². The highest BCUT2D eigenvalue weighted by atomic mass is 16.6. The molecule has 0 saturated heterocycles. The Morgan fingerprint density at radius 3 is 2.26 bits per heavy atom. The number of aliphatic carboxylic acids is 1. The number of amides is 1. The highest BCUT2D eigenvalue weighted by Gasteiger charge is 2.24. The van der Waals surface area contributed by atoms with Crippen LogP contribution in [-0.4, -0.2) is 42.0 Å². The zero-order valence-corrected chi connectivity index (χ0v) is 12.4. The Morgan fingerprint density at radius 1 is 1.26 bits per heavy atom. The van der Waals surface area contributed by atoms with E-state index in [-0.39, 0.29) is 6.61 Å². The van der Waals surface area contributed by atoms with Crippen molar-refractivity contribution in [3.05, 3.63) is 0 Å². The standard InChI is InChI=1S/C13H25NO5/c1-9(2)6-7-18-8-10(11(15)16)14-12(17)19-13(3,4)5/h9-10H,6-8H2,1-5H3,(H,14,17)(H,15,16). The fraction of sp³-hybridized carbons (Fsp3) is 0.846. The maximum Gasteiger partial charge on any atom is 0.408 e. The maximum absolute atomic E-state index is 11.5. The molecular formula is C13H25NO5. The summed E-state index contributed by atoms with van der Waals surface area (Å²) in [6.07, 6.45) is 0.0889. The minimum atomic E-state index is -1.14. The number of carbonyl (C=O) groups excluding carboxylic acids is 1. The first kappa shape index (κ1) is 17.7. The summed E-state index contributed by atoms with van der Waals surface area (Å²) in [7, 11) is 0. The van der Waals surface area contributed by atoms with Gasteiger partial charge in [0.1, 0.15) is 5.60 Å². The molecule has 0 fully saturated rings. The molecule has 0 aromatic heterocycles. The molecule has 0 bridgehead atoms. The number of carbonyl (C=O) groups is 2. The molecule has 2 N–H and O–H groups in total. The molecule has 112 valence electrons. The largest absolute Gasteiger partial charge is 0.480 e. The molecule has 0 aliphatic rings. The van der Waals surface area contributed by atoms with Gasteiger partial charge in [-0.1, -0.05) is 13.8 Å². The number of alkyl carbamates (subject to hydrolysis) is 1. The van der Waals surface area contributed by atoms with E-state index in [1.807, 2.05) is 0 Å². The molecule has 0 radical (unpaired) electrons. The van der Waals surface area contributed by atoms with Crippen LogP contribution in [0, 0.1) is 5.92 Å². The molecule has 1 atom stereocenters. The average molecular weight is 275 g/mol.